The van der Waals surface area contributed by atoms with E-state index >= 15 is 0 Å². The van der Waals surface area contributed by atoms with Gasteiger partial charge in [-0.25, -0.2) is 4.39 Å². The highest BCUT2D eigenvalue weighted by Gasteiger charge is 2.33. The van der Waals surface area contributed by atoms with E-state index < -0.39 is 17.6 Å². The summed E-state index contributed by atoms with van der Waals surface area (Å²) in [4.78, 5) is 0. The maximum Gasteiger partial charge on any atom is 0.416 e. The normalized spacial score (nSPS) is 11.8. The van der Waals surface area contributed by atoms with Gasteiger partial charge in [-0.15, -0.1) is 0 Å². The van der Waals surface area contributed by atoms with Gasteiger partial charge in [-0.3, -0.25) is 0 Å². The highest BCUT2D eigenvalue weighted by atomic mass is 19.4. The molecule has 0 atom stereocenters. The van der Waals surface area contributed by atoms with Gasteiger partial charge >= 0.3 is 6.18 Å². The molecule has 1 nitrogen and oxygen atoms in total. The van der Waals surface area contributed by atoms with Crippen LogP contribution in [-0.2, 0) is 12.7 Å². The fraction of sp³-hybridized carbons (Fsp3) is 0.400. The summed E-state index contributed by atoms with van der Waals surface area (Å²) in [5.74, 6) is -0.657. The van der Waals surface area contributed by atoms with Crippen molar-refractivity contribution < 1.29 is 17.6 Å². The van der Waals surface area contributed by atoms with E-state index in [4.69, 9.17) is 0 Å². The van der Waals surface area contributed by atoms with Crippen molar-refractivity contribution in [3.05, 3.63) is 35.1 Å². The Labute approximate surface area is 85.1 Å². The summed E-state index contributed by atoms with van der Waals surface area (Å²) >= 11 is 0. The lowest BCUT2D eigenvalue weighted by molar-refractivity contribution is -0.138. The zero-order valence-corrected chi connectivity index (χ0v) is 8.16. The molecule has 0 saturated carbocycles. The SMILES string of the molecule is CCNCc1cc(F)ccc1C(F)(F)F. The molecule has 0 heterocycles. The van der Waals surface area contributed by atoms with Crippen molar-refractivity contribution >= 4 is 0 Å². The fourth-order valence-electron chi connectivity index (χ4n) is 1.24. The van der Waals surface area contributed by atoms with E-state index in [1.165, 1.54) is 0 Å². The molecule has 1 aromatic rings. The number of benzene rings is 1. The van der Waals surface area contributed by atoms with Crippen molar-refractivity contribution in [2.75, 3.05) is 6.54 Å². The summed E-state index contributed by atoms with van der Waals surface area (Å²) in [6.07, 6.45) is -4.43. The van der Waals surface area contributed by atoms with Crippen LogP contribution in [0.15, 0.2) is 18.2 Å². The maximum atomic E-state index is 12.8. The lowest BCUT2D eigenvalue weighted by atomic mass is 10.1. The molecule has 15 heavy (non-hydrogen) atoms. The second-order valence-electron chi connectivity index (χ2n) is 3.08. The zero-order chi connectivity index (χ0) is 11.5. The minimum Gasteiger partial charge on any atom is -0.313 e. The van der Waals surface area contributed by atoms with Gasteiger partial charge < -0.3 is 5.32 Å². The van der Waals surface area contributed by atoms with Crippen LogP contribution < -0.4 is 5.32 Å². The molecule has 0 aliphatic carbocycles. The van der Waals surface area contributed by atoms with Crippen LogP contribution in [0.1, 0.15) is 18.1 Å². The predicted octanol–water partition coefficient (Wildman–Crippen LogP) is 2.95. The summed E-state index contributed by atoms with van der Waals surface area (Å²) in [6, 6.07) is 2.49. The van der Waals surface area contributed by atoms with Crippen molar-refractivity contribution in [2.45, 2.75) is 19.6 Å². The van der Waals surface area contributed by atoms with Gasteiger partial charge in [-0.05, 0) is 30.3 Å². The first-order valence-electron chi connectivity index (χ1n) is 4.51. The third-order valence-electron chi connectivity index (χ3n) is 1.94. The molecule has 1 aromatic carbocycles. The Hall–Kier alpha value is -1.10. The average molecular weight is 221 g/mol. The van der Waals surface area contributed by atoms with Gasteiger partial charge in [0.1, 0.15) is 5.82 Å². The number of hydrogen-bond donors (Lipinski definition) is 1. The van der Waals surface area contributed by atoms with Crippen molar-refractivity contribution in [3.8, 4) is 0 Å². The van der Waals surface area contributed by atoms with E-state index in [9.17, 15) is 17.6 Å². The smallest absolute Gasteiger partial charge is 0.313 e. The molecule has 1 N–H and O–H groups in total. The minimum atomic E-state index is -4.43. The highest BCUT2D eigenvalue weighted by Crippen LogP contribution is 2.32. The topological polar surface area (TPSA) is 12.0 Å². The van der Waals surface area contributed by atoms with Crippen molar-refractivity contribution in [1.82, 2.24) is 5.32 Å². The number of hydrogen-bond acceptors (Lipinski definition) is 1. The summed E-state index contributed by atoms with van der Waals surface area (Å²) in [5, 5.41) is 2.74. The predicted molar refractivity (Wildman–Crippen MR) is 48.8 cm³/mol. The maximum absolute atomic E-state index is 12.8. The second kappa shape index (κ2) is 4.61. The van der Waals surface area contributed by atoms with Gasteiger partial charge in [0.15, 0.2) is 0 Å². The van der Waals surface area contributed by atoms with Gasteiger partial charge in [-0.1, -0.05) is 6.92 Å². The lowest BCUT2D eigenvalue weighted by Crippen LogP contribution is -2.17. The second-order valence-corrected chi connectivity index (χ2v) is 3.08. The summed E-state index contributed by atoms with van der Waals surface area (Å²) < 4.78 is 50.1. The molecule has 0 saturated heterocycles. The zero-order valence-electron chi connectivity index (χ0n) is 8.16. The molecular weight excluding hydrogens is 210 g/mol. The largest absolute Gasteiger partial charge is 0.416 e. The van der Waals surface area contributed by atoms with Gasteiger partial charge in [0, 0.05) is 6.54 Å². The molecule has 0 spiro atoms. The quantitative estimate of drug-likeness (QED) is 0.774. The standard InChI is InChI=1S/C10H11F4N/c1-2-15-6-7-5-8(11)3-4-9(7)10(12,13)14/h3-5,15H,2,6H2,1H3. The highest BCUT2D eigenvalue weighted by molar-refractivity contribution is 5.30. The van der Waals surface area contributed by atoms with E-state index in [1.807, 2.05) is 0 Å². The van der Waals surface area contributed by atoms with E-state index in [1.54, 1.807) is 6.92 Å². The number of nitrogens with one attached hydrogen (secondary N) is 1. The van der Waals surface area contributed by atoms with Crippen LogP contribution in [0.25, 0.3) is 0 Å². The Morgan fingerprint density at radius 3 is 2.47 bits per heavy atom. The fourth-order valence-corrected chi connectivity index (χ4v) is 1.24. The van der Waals surface area contributed by atoms with Crippen LogP contribution in [0.2, 0.25) is 0 Å². The molecule has 84 valence electrons. The van der Waals surface area contributed by atoms with Crippen LogP contribution in [-0.4, -0.2) is 6.54 Å². The first kappa shape index (κ1) is 12.0. The molecule has 0 bridgehead atoms. The van der Waals surface area contributed by atoms with Crippen LogP contribution in [0.4, 0.5) is 17.6 Å². The molecule has 0 aliphatic rings. The van der Waals surface area contributed by atoms with Crippen LogP contribution in [0.3, 0.4) is 0 Å². The van der Waals surface area contributed by atoms with Gasteiger partial charge in [0.2, 0.25) is 0 Å². The molecule has 0 fully saturated rings. The number of halogens is 4. The van der Waals surface area contributed by atoms with Crippen molar-refractivity contribution in [3.63, 3.8) is 0 Å². The van der Waals surface area contributed by atoms with E-state index in [-0.39, 0.29) is 12.1 Å². The van der Waals surface area contributed by atoms with Gasteiger partial charge in [0.05, 0.1) is 5.56 Å². The van der Waals surface area contributed by atoms with Gasteiger partial charge in [-0.2, -0.15) is 13.2 Å². The molecule has 5 heteroatoms. The average Bonchev–Trinajstić information content (AvgIpc) is 2.12. The van der Waals surface area contributed by atoms with Crippen molar-refractivity contribution in [1.29, 1.82) is 0 Å². The van der Waals surface area contributed by atoms with Gasteiger partial charge in [0.25, 0.3) is 0 Å². The molecule has 0 unspecified atom stereocenters. The number of alkyl halides is 3. The summed E-state index contributed by atoms with van der Waals surface area (Å²) in [7, 11) is 0. The first-order valence-corrected chi connectivity index (χ1v) is 4.51. The Balaban J connectivity index is 3.03. The minimum absolute atomic E-state index is 0.0170. The van der Waals surface area contributed by atoms with Crippen LogP contribution >= 0.6 is 0 Å². The summed E-state index contributed by atoms with van der Waals surface area (Å²) in [6.45, 7) is 2.32. The molecule has 0 aromatic heterocycles. The van der Waals surface area contributed by atoms with Crippen LogP contribution in [0, 0.1) is 5.82 Å². The Kier molecular flexibility index (Phi) is 3.68. The molecular formula is C10H11F4N. The monoisotopic (exact) mass is 221 g/mol. The molecule has 1 rings (SSSR count). The van der Waals surface area contributed by atoms with E-state index in [2.05, 4.69) is 5.32 Å². The number of rotatable bonds is 3. The van der Waals surface area contributed by atoms with E-state index in [0.717, 1.165) is 18.2 Å². The Morgan fingerprint density at radius 1 is 1.27 bits per heavy atom. The lowest BCUT2D eigenvalue weighted by Gasteiger charge is -2.12. The molecule has 0 radical (unpaired) electrons. The first-order chi connectivity index (χ1) is 6.95. The summed E-state index contributed by atoms with van der Waals surface area (Å²) in [5.41, 5.74) is -0.853. The van der Waals surface area contributed by atoms with E-state index in [0.29, 0.717) is 6.54 Å². The Bertz CT molecular complexity index is 333. The van der Waals surface area contributed by atoms with Crippen LogP contribution in [0.5, 0.6) is 0 Å². The Morgan fingerprint density at radius 2 is 1.93 bits per heavy atom. The molecule has 0 aliphatic heterocycles. The van der Waals surface area contributed by atoms with Crippen molar-refractivity contribution in [2.24, 2.45) is 0 Å². The molecule has 0 amide bonds. The third-order valence-corrected chi connectivity index (χ3v) is 1.94. The third kappa shape index (κ3) is 3.20.